The van der Waals surface area contributed by atoms with Gasteiger partial charge in [-0.1, -0.05) is 24.2 Å². The largest absolute Gasteiger partial charge is 0.461 e. The first-order valence-electron chi connectivity index (χ1n) is 6.46. The molecule has 108 valence electrons. The number of nitrogens with zero attached hydrogens (tertiary/aromatic N) is 5. The molecule has 20 heavy (non-hydrogen) atoms. The van der Waals surface area contributed by atoms with Crippen LogP contribution < -0.4 is 0 Å². The number of aromatic nitrogens is 5. The molecule has 0 aromatic carbocycles. The number of carbonyl (C=O) groups excluding carboxylic acids is 1. The molecule has 0 spiro atoms. The van der Waals surface area contributed by atoms with E-state index < -0.39 is 5.97 Å². The number of rotatable bonds is 6. The third kappa shape index (κ3) is 3.19. The summed E-state index contributed by atoms with van der Waals surface area (Å²) < 4.78 is 11.5. The van der Waals surface area contributed by atoms with Gasteiger partial charge >= 0.3 is 5.97 Å². The monoisotopic (exact) mass is 279 g/mol. The maximum atomic E-state index is 11.9. The van der Waals surface area contributed by atoms with Gasteiger partial charge in [0.25, 0.3) is 0 Å². The Balaban J connectivity index is 2.29. The van der Waals surface area contributed by atoms with Crippen LogP contribution >= 0.6 is 0 Å². The molecule has 0 bridgehead atoms. The van der Waals surface area contributed by atoms with Crippen molar-refractivity contribution >= 4 is 5.97 Å². The molecule has 0 radical (unpaired) electrons. The number of hydrogen-bond acceptors (Lipinski definition) is 7. The van der Waals surface area contributed by atoms with Gasteiger partial charge in [-0.25, -0.2) is 9.48 Å². The normalized spacial score (nSPS) is 11.0. The maximum Gasteiger partial charge on any atom is 0.360 e. The van der Waals surface area contributed by atoms with E-state index in [0.29, 0.717) is 24.8 Å². The highest BCUT2D eigenvalue weighted by atomic mass is 16.5. The standard InChI is InChI=1S/C12H17N5O3/c1-4-19-12(18)11-9(5-8(2)3)17(16-15-11)6-10-13-7-14-20-10/h7-8H,4-6H2,1-3H3. The fourth-order valence-corrected chi connectivity index (χ4v) is 1.80. The van der Waals surface area contributed by atoms with Crippen molar-refractivity contribution in [1.29, 1.82) is 0 Å². The smallest absolute Gasteiger partial charge is 0.360 e. The summed E-state index contributed by atoms with van der Waals surface area (Å²) in [5.41, 5.74) is 0.969. The average molecular weight is 279 g/mol. The quantitative estimate of drug-likeness (QED) is 0.730. The van der Waals surface area contributed by atoms with Crippen LogP contribution in [-0.2, 0) is 17.7 Å². The van der Waals surface area contributed by atoms with Crippen LogP contribution in [0.4, 0.5) is 0 Å². The van der Waals surface area contributed by atoms with Crippen LogP contribution in [0.25, 0.3) is 0 Å². The number of ether oxygens (including phenoxy) is 1. The van der Waals surface area contributed by atoms with Crippen LogP contribution in [0, 0.1) is 5.92 Å². The Morgan fingerprint density at radius 2 is 2.30 bits per heavy atom. The van der Waals surface area contributed by atoms with Crippen molar-refractivity contribution in [2.24, 2.45) is 5.92 Å². The molecule has 0 saturated heterocycles. The van der Waals surface area contributed by atoms with Crippen LogP contribution in [0.3, 0.4) is 0 Å². The van der Waals surface area contributed by atoms with E-state index in [9.17, 15) is 4.79 Å². The second-order valence-corrected chi connectivity index (χ2v) is 4.70. The van der Waals surface area contributed by atoms with Gasteiger partial charge in [0, 0.05) is 0 Å². The van der Waals surface area contributed by atoms with E-state index in [0.717, 1.165) is 5.69 Å². The minimum Gasteiger partial charge on any atom is -0.461 e. The molecule has 0 atom stereocenters. The van der Waals surface area contributed by atoms with Crippen LogP contribution in [0.1, 0.15) is 42.8 Å². The minimum atomic E-state index is -0.458. The van der Waals surface area contributed by atoms with Crippen LogP contribution in [0.2, 0.25) is 0 Å². The summed E-state index contributed by atoms with van der Waals surface area (Å²) in [6.07, 6.45) is 1.98. The lowest BCUT2D eigenvalue weighted by Crippen LogP contribution is -2.13. The van der Waals surface area contributed by atoms with E-state index >= 15 is 0 Å². The molecular weight excluding hydrogens is 262 g/mol. The van der Waals surface area contributed by atoms with E-state index in [1.54, 1.807) is 11.6 Å². The summed E-state index contributed by atoms with van der Waals surface area (Å²) in [6.45, 7) is 6.45. The van der Waals surface area contributed by atoms with Gasteiger partial charge in [0.05, 0.1) is 12.3 Å². The van der Waals surface area contributed by atoms with Gasteiger partial charge in [-0.2, -0.15) is 4.98 Å². The van der Waals surface area contributed by atoms with E-state index in [1.807, 2.05) is 0 Å². The van der Waals surface area contributed by atoms with Gasteiger partial charge < -0.3 is 9.26 Å². The first-order chi connectivity index (χ1) is 9.61. The zero-order chi connectivity index (χ0) is 14.5. The molecular formula is C12H17N5O3. The lowest BCUT2D eigenvalue weighted by Gasteiger charge is -2.08. The minimum absolute atomic E-state index is 0.250. The molecule has 2 aromatic rings. The van der Waals surface area contributed by atoms with Crippen molar-refractivity contribution in [2.75, 3.05) is 6.61 Å². The maximum absolute atomic E-state index is 11.9. The highest BCUT2D eigenvalue weighted by Gasteiger charge is 2.22. The van der Waals surface area contributed by atoms with Gasteiger partial charge in [-0.3, -0.25) is 0 Å². The lowest BCUT2D eigenvalue weighted by molar-refractivity contribution is 0.0517. The summed E-state index contributed by atoms with van der Waals surface area (Å²) in [7, 11) is 0. The van der Waals surface area contributed by atoms with Gasteiger partial charge in [-0.05, 0) is 19.3 Å². The Labute approximate surface area is 116 Å². The highest BCUT2D eigenvalue weighted by Crippen LogP contribution is 2.14. The molecule has 2 heterocycles. The molecule has 2 aromatic heterocycles. The molecule has 0 unspecified atom stereocenters. The van der Waals surface area contributed by atoms with Crippen LogP contribution in [-0.4, -0.2) is 37.7 Å². The first kappa shape index (κ1) is 14.2. The van der Waals surface area contributed by atoms with Gasteiger partial charge in [-0.15, -0.1) is 5.10 Å². The predicted octanol–water partition coefficient (Wildman–Crippen LogP) is 1.08. The third-order valence-corrected chi connectivity index (χ3v) is 2.60. The predicted molar refractivity (Wildman–Crippen MR) is 67.9 cm³/mol. The Bertz CT molecular complexity index is 562. The SMILES string of the molecule is CCOC(=O)c1nnn(Cc2ncno2)c1CC(C)C. The van der Waals surface area contributed by atoms with Gasteiger partial charge in [0.15, 0.2) is 12.0 Å². The van der Waals surface area contributed by atoms with Crippen molar-refractivity contribution in [3.05, 3.63) is 23.6 Å². The summed E-state index contributed by atoms with van der Waals surface area (Å²) in [5, 5.41) is 11.4. The van der Waals surface area contributed by atoms with Gasteiger partial charge in [0.2, 0.25) is 5.89 Å². The fraction of sp³-hybridized carbons (Fsp3) is 0.583. The molecule has 8 nitrogen and oxygen atoms in total. The molecule has 8 heteroatoms. The van der Waals surface area contributed by atoms with Crippen molar-refractivity contribution < 1.29 is 14.1 Å². The molecule has 0 amide bonds. The lowest BCUT2D eigenvalue weighted by atomic mass is 10.1. The Hall–Kier alpha value is -2.25. The Kier molecular flexibility index (Phi) is 4.44. The molecule has 0 fully saturated rings. The van der Waals surface area contributed by atoms with E-state index in [-0.39, 0.29) is 12.2 Å². The van der Waals surface area contributed by atoms with E-state index in [1.165, 1.54) is 6.33 Å². The number of carbonyl (C=O) groups is 1. The third-order valence-electron chi connectivity index (χ3n) is 2.60. The van der Waals surface area contributed by atoms with Crippen molar-refractivity contribution in [3.63, 3.8) is 0 Å². The zero-order valence-corrected chi connectivity index (χ0v) is 11.7. The van der Waals surface area contributed by atoms with Gasteiger partial charge in [0.1, 0.15) is 6.54 Å². The number of esters is 1. The first-order valence-corrected chi connectivity index (χ1v) is 6.46. The summed E-state index contributed by atoms with van der Waals surface area (Å²) >= 11 is 0. The Morgan fingerprint density at radius 3 is 2.90 bits per heavy atom. The average Bonchev–Trinajstić information content (AvgIpc) is 3.01. The fourth-order valence-electron chi connectivity index (χ4n) is 1.80. The summed E-state index contributed by atoms with van der Waals surface area (Å²) in [5.74, 6) is 0.304. The summed E-state index contributed by atoms with van der Waals surface area (Å²) in [6, 6.07) is 0. The molecule has 0 aliphatic carbocycles. The summed E-state index contributed by atoms with van der Waals surface area (Å²) in [4.78, 5) is 15.8. The topological polar surface area (TPSA) is 95.9 Å². The second kappa shape index (κ2) is 6.27. The molecule has 0 aliphatic rings. The Morgan fingerprint density at radius 1 is 1.50 bits per heavy atom. The van der Waals surface area contributed by atoms with Crippen molar-refractivity contribution in [2.45, 2.75) is 33.7 Å². The van der Waals surface area contributed by atoms with Crippen LogP contribution in [0.15, 0.2) is 10.9 Å². The van der Waals surface area contributed by atoms with E-state index in [2.05, 4.69) is 34.3 Å². The molecule has 0 aliphatic heterocycles. The number of hydrogen-bond donors (Lipinski definition) is 0. The highest BCUT2D eigenvalue weighted by molar-refractivity contribution is 5.88. The second-order valence-electron chi connectivity index (χ2n) is 4.70. The zero-order valence-electron chi connectivity index (χ0n) is 11.7. The van der Waals surface area contributed by atoms with Crippen molar-refractivity contribution in [3.8, 4) is 0 Å². The van der Waals surface area contributed by atoms with Crippen LogP contribution in [0.5, 0.6) is 0 Å². The molecule has 0 N–H and O–H groups in total. The molecule has 0 saturated carbocycles. The van der Waals surface area contributed by atoms with E-state index in [4.69, 9.17) is 9.26 Å². The molecule has 2 rings (SSSR count). The van der Waals surface area contributed by atoms with Crippen molar-refractivity contribution in [1.82, 2.24) is 25.1 Å².